The Hall–Kier alpha value is 0.921. The predicted octanol–water partition coefficient (Wildman–Crippen LogP) is 11.7. The molecule has 37 heavy (non-hydrogen) atoms. The molecule has 226 valence electrons. The van der Waals surface area contributed by atoms with Gasteiger partial charge < -0.3 is 12.3 Å². The normalized spacial score (nSPS) is 13.3. The van der Waals surface area contributed by atoms with Crippen LogP contribution in [0.1, 0.15) is 53.4 Å². The second-order valence-corrected chi connectivity index (χ2v) is 41.4. The van der Waals surface area contributed by atoms with Crippen molar-refractivity contribution in [3.05, 3.63) is 12.7 Å². The molecule has 0 spiro atoms. The molecular formula is C28H72O3Si6. The second kappa shape index (κ2) is 19.1. The van der Waals surface area contributed by atoms with Crippen LogP contribution < -0.4 is 0 Å². The number of allylic oxidation sites excluding steroid dienone is 1. The zero-order chi connectivity index (χ0) is 30.2. The molecule has 0 atom stereocenters. The van der Waals surface area contributed by atoms with Crippen molar-refractivity contribution in [2.75, 3.05) is 0 Å². The van der Waals surface area contributed by atoms with Crippen LogP contribution in [-0.2, 0) is 12.3 Å². The molecule has 0 aromatic rings. The fraction of sp³-hybridized carbons (Fsp3) is 0.929. The van der Waals surface area contributed by atoms with Crippen LogP contribution in [0.15, 0.2) is 12.7 Å². The van der Waals surface area contributed by atoms with Crippen molar-refractivity contribution in [3.8, 4) is 0 Å². The molecule has 0 aliphatic rings. The van der Waals surface area contributed by atoms with Crippen LogP contribution >= 0.6 is 0 Å². The third-order valence-corrected chi connectivity index (χ3v) is 27.3. The maximum Gasteiger partial charge on any atom is 0.177 e. The topological polar surface area (TPSA) is 27.7 Å². The zero-order valence-electron chi connectivity index (χ0n) is 28.9. The third-order valence-electron chi connectivity index (χ3n) is 5.73. The van der Waals surface area contributed by atoms with Crippen LogP contribution in [0, 0.1) is 0 Å². The molecule has 0 aromatic carbocycles. The lowest BCUT2D eigenvalue weighted by molar-refractivity contribution is 0.534. The molecule has 0 fully saturated rings. The van der Waals surface area contributed by atoms with E-state index >= 15 is 0 Å². The van der Waals surface area contributed by atoms with E-state index in [1.54, 1.807) is 0 Å². The second-order valence-electron chi connectivity index (χ2n) is 14.7. The van der Waals surface area contributed by atoms with Crippen molar-refractivity contribution in [2.45, 2.75) is 169 Å². The lowest BCUT2D eigenvalue weighted by atomic mass is 10.6. The Kier molecular flexibility index (Phi) is 21.9. The van der Waals surface area contributed by atoms with Crippen LogP contribution in [0.5, 0.6) is 0 Å². The van der Waals surface area contributed by atoms with E-state index in [2.05, 4.69) is 119 Å². The SMILES string of the molecule is C=CC[Si](C)(C)O[Si](C)(C)CCC.CCC[Si](C)(C)O[Si](C)(C)C.CCC[Si](C)(C)O[Si](C)(C)CCC. The monoisotopic (exact) mass is 624 g/mol. The van der Waals surface area contributed by atoms with Gasteiger partial charge >= 0.3 is 0 Å². The highest BCUT2D eigenvalue weighted by molar-refractivity contribution is 6.86. The Balaban J connectivity index is -0.000000471. The summed E-state index contributed by atoms with van der Waals surface area (Å²) in [4.78, 5) is 0. The highest BCUT2D eigenvalue weighted by atomic mass is 28.4. The number of hydrogen-bond acceptors (Lipinski definition) is 3. The first-order valence-corrected chi connectivity index (χ1v) is 34.1. The maximum absolute atomic E-state index is 6.38. The Bertz CT molecular complexity index is 569. The van der Waals surface area contributed by atoms with E-state index in [1.807, 2.05) is 6.08 Å². The van der Waals surface area contributed by atoms with Crippen LogP contribution in [0.2, 0.25) is 115 Å². The fourth-order valence-electron chi connectivity index (χ4n) is 5.33. The van der Waals surface area contributed by atoms with Crippen LogP contribution in [0.25, 0.3) is 0 Å². The van der Waals surface area contributed by atoms with Gasteiger partial charge in [-0.1, -0.05) is 59.5 Å². The van der Waals surface area contributed by atoms with Gasteiger partial charge in [0.05, 0.1) is 0 Å². The van der Waals surface area contributed by atoms with Crippen molar-refractivity contribution in [1.29, 1.82) is 0 Å². The van der Waals surface area contributed by atoms with Crippen LogP contribution in [0.4, 0.5) is 0 Å². The average Bonchev–Trinajstić information content (AvgIpc) is 2.57. The first-order chi connectivity index (χ1) is 16.4. The zero-order valence-corrected chi connectivity index (χ0v) is 34.9. The predicted molar refractivity (Wildman–Crippen MR) is 189 cm³/mol. The quantitative estimate of drug-likeness (QED) is 0.126. The minimum Gasteiger partial charge on any atom is -0.456 e. The summed E-state index contributed by atoms with van der Waals surface area (Å²) in [6.07, 6.45) is 7.07. The van der Waals surface area contributed by atoms with Gasteiger partial charge in [-0.15, -0.1) is 6.58 Å². The van der Waals surface area contributed by atoms with E-state index in [0.717, 1.165) is 6.04 Å². The Labute approximate surface area is 242 Å². The lowest BCUT2D eigenvalue weighted by Gasteiger charge is -2.33. The Morgan fingerprint density at radius 1 is 0.432 bits per heavy atom. The molecule has 0 heterocycles. The molecular weight excluding hydrogens is 553 g/mol. The van der Waals surface area contributed by atoms with Gasteiger partial charge in [-0.25, -0.2) is 0 Å². The Morgan fingerprint density at radius 2 is 0.676 bits per heavy atom. The lowest BCUT2D eigenvalue weighted by Crippen LogP contribution is -2.43. The van der Waals surface area contributed by atoms with E-state index in [1.165, 1.54) is 49.9 Å². The van der Waals surface area contributed by atoms with E-state index in [-0.39, 0.29) is 0 Å². The largest absolute Gasteiger partial charge is 0.456 e. The summed E-state index contributed by atoms with van der Waals surface area (Å²) >= 11 is 0. The minimum absolute atomic E-state index is 1.08. The molecule has 0 aromatic heterocycles. The van der Waals surface area contributed by atoms with Gasteiger partial charge in [-0.2, -0.15) is 0 Å². The summed E-state index contributed by atoms with van der Waals surface area (Å²) in [6.45, 7) is 42.9. The highest BCUT2D eigenvalue weighted by Crippen LogP contribution is 2.24. The summed E-state index contributed by atoms with van der Waals surface area (Å²) in [6, 6.07) is 6.28. The summed E-state index contributed by atoms with van der Waals surface area (Å²) in [5, 5.41) is 0. The van der Waals surface area contributed by atoms with Crippen molar-refractivity contribution in [3.63, 3.8) is 0 Å². The molecule has 0 amide bonds. The minimum atomic E-state index is -1.43. The first-order valence-electron chi connectivity index (χ1n) is 15.1. The fourth-order valence-corrected chi connectivity index (χ4v) is 31.4. The summed E-state index contributed by atoms with van der Waals surface area (Å²) in [7, 11) is -7.97. The van der Waals surface area contributed by atoms with Gasteiger partial charge in [0.1, 0.15) is 0 Å². The van der Waals surface area contributed by atoms with Gasteiger partial charge in [0.2, 0.25) is 0 Å². The smallest absolute Gasteiger partial charge is 0.177 e. The molecule has 0 saturated heterocycles. The average molecular weight is 625 g/mol. The van der Waals surface area contributed by atoms with Crippen molar-refractivity contribution >= 4 is 49.9 Å². The molecule has 0 aliphatic heterocycles. The van der Waals surface area contributed by atoms with Crippen LogP contribution in [-0.4, -0.2) is 49.9 Å². The molecule has 0 unspecified atom stereocenters. The molecule has 0 radical (unpaired) electrons. The van der Waals surface area contributed by atoms with Gasteiger partial charge in [0, 0.05) is 0 Å². The highest BCUT2D eigenvalue weighted by Gasteiger charge is 2.32. The summed E-state index contributed by atoms with van der Waals surface area (Å²) in [5.74, 6) is 0. The van der Waals surface area contributed by atoms with Gasteiger partial charge in [0.25, 0.3) is 0 Å². The standard InChI is InChI=1S/C10H26OSi2.C10H24OSi2.C8H22OSi2/c2*1-7-9-12(3,4)11-13(5,6)10-8-2;1-7-8-11(5,6)9-10(2,3)4/h7-10H2,1-6H3;7H,1,8-10H2,2-6H3;7-8H2,1-6H3. The molecule has 0 aliphatic carbocycles. The van der Waals surface area contributed by atoms with Crippen LogP contribution in [0.3, 0.4) is 0 Å². The molecule has 0 N–H and O–H groups in total. The van der Waals surface area contributed by atoms with Crippen molar-refractivity contribution < 1.29 is 12.3 Å². The van der Waals surface area contributed by atoms with Gasteiger partial charge in [-0.3, -0.25) is 0 Å². The van der Waals surface area contributed by atoms with E-state index in [0.29, 0.717) is 0 Å². The molecule has 9 heteroatoms. The van der Waals surface area contributed by atoms with Crippen molar-refractivity contribution in [1.82, 2.24) is 0 Å². The number of rotatable bonds is 16. The molecule has 0 saturated carbocycles. The molecule has 0 rings (SSSR count). The van der Waals surface area contributed by atoms with E-state index in [4.69, 9.17) is 12.3 Å². The van der Waals surface area contributed by atoms with Gasteiger partial charge in [0.15, 0.2) is 49.9 Å². The summed E-state index contributed by atoms with van der Waals surface area (Å²) in [5.41, 5.74) is 0. The third kappa shape index (κ3) is 29.7. The Morgan fingerprint density at radius 3 is 0.892 bits per heavy atom. The van der Waals surface area contributed by atoms with E-state index < -0.39 is 49.9 Å². The molecule has 0 bridgehead atoms. The molecule has 3 nitrogen and oxygen atoms in total. The summed E-state index contributed by atoms with van der Waals surface area (Å²) < 4.78 is 18.8. The number of hydrogen-bond donors (Lipinski definition) is 0. The van der Waals surface area contributed by atoms with E-state index in [9.17, 15) is 0 Å². The first kappa shape index (κ1) is 42.4. The van der Waals surface area contributed by atoms with Crippen molar-refractivity contribution in [2.24, 2.45) is 0 Å². The maximum atomic E-state index is 6.38. The van der Waals surface area contributed by atoms with Gasteiger partial charge in [-0.05, 0) is 115 Å².